The van der Waals surface area contributed by atoms with E-state index >= 15 is 0 Å². The van der Waals surface area contributed by atoms with Gasteiger partial charge in [0.25, 0.3) is 5.78 Å². The van der Waals surface area contributed by atoms with Gasteiger partial charge in [-0.15, -0.1) is 10.2 Å². The van der Waals surface area contributed by atoms with Gasteiger partial charge in [-0.1, -0.05) is 12.1 Å². The second-order valence-electron chi connectivity index (χ2n) is 8.19. The lowest BCUT2D eigenvalue weighted by Gasteiger charge is -2.30. The number of nitrogens with zero attached hydrogens (tertiary/aromatic N) is 8. The Labute approximate surface area is 179 Å². The highest BCUT2D eigenvalue weighted by Gasteiger charge is 2.28. The van der Waals surface area contributed by atoms with Crippen LogP contribution in [0.25, 0.3) is 16.7 Å². The van der Waals surface area contributed by atoms with Gasteiger partial charge in [-0.25, -0.2) is 4.98 Å². The first-order valence-electron chi connectivity index (χ1n) is 10.8. The zero-order valence-corrected chi connectivity index (χ0v) is 17.1. The van der Waals surface area contributed by atoms with Crippen LogP contribution in [0.2, 0.25) is 0 Å². The van der Waals surface area contributed by atoms with Crippen molar-refractivity contribution in [3.05, 3.63) is 59.8 Å². The summed E-state index contributed by atoms with van der Waals surface area (Å²) >= 11 is 0. The van der Waals surface area contributed by atoms with Crippen LogP contribution in [0.15, 0.2) is 47.8 Å². The third-order valence-electron chi connectivity index (χ3n) is 6.13. The lowest BCUT2D eigenvalue weighted by molar-refractivity contribution is 0.181. The van der Waals surface area contributed by atoms with Crippen LogP contribution in [0, 0.1) is 0 Å². The normalized spacial score (nSPS) is 19.6. The molecule has 6 rings (SSSR count). The molecule has 2 aliphatic heterocycles. The zero-order valence-electron chi connectivity index (χ0n) is 17.1. The summed E-state index contributed by atoms with van der Waals surface area (Å²) in [6, 6.07) is 10.8. The highest BCUT2D eigenvalue weighted by Crippen LogP contribution is 2.23. The lowest BCUT2D eigenvalue weighted by Crippen LogP contribution is -2.40. The Bertz CT molecular complexity index is 1260. The summed E-state index contributed by atoms with van der Waals surface area (Å²) in [4.78, 5) is 8.89. The topological polar surface area (TPSA) is 96.5 Å². The first-order valence-corrected chi connectivity index (χ1v) is 10.8. The monoisotopic (exact) mass is 413 g/mol. The summed E-state index contributed by atoms with van der Waals surface area (Å²) < 4.78 is 1.77. The first-order chi connectivity index (χ1) is 15.3. The summed E-state index contributed by atoms with van der Waals surface area (Å²) in [6.07, 6.45) is 8.50. The van der Waals surface area contributed by atoms with E-state index in [4.69, 9.17) is 5.10 Å². The molecule has 2 aliphatic rings. The predicted octanol–water partition coefficient (Wildman–Crippen LogP) is 1.80. The van der Waals surface area contributed by atoms with Crippen LogP contribution in [0.1, 0.15) is 35.8 Å². The maximum absolute atomic E-state index is 4.84. The Balaban J connectivity index is 1.25. The summed E-state index contributed by atoms with van der Waals surface area (Å²) in [5.74, 6) is 1.43. The minimum absolute atomic E-state index is 0.133. The highest BCUT2D eigenvalue weighted by molar-refractivity contribution is 5.79. The zero-order chi connectivity index (χ0) is 20.6. The number of hydrogen-bond acceptors (Lipinski definition) is 8. The largest absolute Gasteiger partial charge is 0.317 e. The number of pyridine rings is 1. The maximum atomic E-state index is 4.84. The van der Waals surface area contributed by atoms with Gasteiger partial charge >= 0.3 is 0 Å². The number of hydrazone groups is 1. The molecule has 0 bridgehead atoms. The van der Waals surface area contributed by atoms with Gasteiger partial charge in [0.15, 0.2) is 5.82 Å². The lowest BCUT2D eigenvalue weighted by atomic mass is 10.0. The minimum Gasteiger partial charge on any atom is -0.317 e. The Morgan fingerprint density at radius 3 is 2.94 bits per heavy atom. The van der Waals surface area contributed by atoms with Gasteiger partial charge in [0, 0.05) is 36.8 Å². The number of aromatic nitrogens is 6. The number of benzene rings is 1. The summed E-state index contributed by atoms with van der Waals surface area (Å²) in [7, 11) is 0. The SMILES string of the molecule is C1=NN(C2CCNCC2)CC1c1cnc2nnc(Cc3ccc4ncccc4c3)n2n1. The van der Waals surface area contributed by atoms with E-state index in [1.807, 2.05) is 24.5 Å². The molecule has 4 aromatic rings. The van der Waals surface area contributed by atoms with E-state index in [1.54, 1.807) is 10.7 Å². The van der Waals surface area contributed by atoms with Gasteiger partial charge in [0.2, 0.25) is 0 Å². The fraction of sp³-hybridized carbons (Fsp3) is 0.364. The molecule has 0 aliphatic carbocycles. The molecule has 1 saturated heterocycles. The molecule has 5 heterocycles. The Hall–Kier alpha value is -3.46. The molecule has 0 saturated carbocycles. The van der Waals surface area contributed by atoms with Crippen molar-refractivity contribution in [1.82, 2.24) is 40.1 Å². The molecule has 0 spiro atoms. The summed E-state index contributed by atoms with van der Waals surface area (Å²) in [6.45, 7) is 2.96. The van der Waals surface area contributed by atoms with Crippen LogP contribution in [0.4, 0.5) is 0 Å². The van der Waals surface area contributed by atoms with E-state index in [-0.39, 0.29) is 5.92 Å². The number of nitrogens with one attached hydrogen (secondary N) is 1. The fourth-order valence-corrected chi connectivity index (χ4v) is 4.43. The molecule has 156 valence electrons. The van der Waals surface area contributed by atoms with Crippen molar-refractivity contribution in [3.8, 4) is 0 Å². The van der Waals surface area contributed by atoms with Gasteiger partial charge in [-0.05, 0) is 49.7 Å². The van der Waals surface area contributed by atoms with Crippen molar-refractivity contribution in [3.63, 3.8) is 0 Å². The number of hydrogen-bond donors (Lipinski definition) is 1. The molecule has 0 amide bonds. The third kappa shape index (κ3) is 3.50. The quantitative estimate of drug-likeness (QED) is 0.545. The van der Waals surface area contributed by atoms with Crippen molar-refractivity contribution >= 4 is 22.9 Å². The summed E-state index contributed by atoms with van der Waals surface area (Å²) in [5, 5.41) is 24.8. The molecule has 9 heteroatoms. The minimum atomic E-state index is 0.133. The van der Waals surface area contributed by atoms with E-state index in [0.29, 0.717) is 18.2 Å². The highest BCUT2D eigenvalue weighted by atomic mass is 15.5. The van der Waals surface area contributed by atoms with Crippen LogP contribution in [-0.2, 0) is 6.42 Å². The van der Waals surface area contributed by atoms with E-state index < -0.39 is 0 Å². The number of rotatable bonds is 4. The number of piperidine rings is 1. The molecule has 1 aromatic carbocycles. The van der Waals surface area contributed by atoms with E-state index in [1.165, 1.54) is 0 Å². The summed E-state index contributed by atoms with van der Waals surface area (Å²) in [5.41, 5.74) is 3.02. The molecule has 1 N–H and O–H groups in total. The van der Waals surface area contributed by atoms with Gasteiger partial charge in [-0.2, -0.15) is 14.7 Å². The predicted molar refractivity (Wildman–Crippen MR) is 117 cm³/mol. The molecule has 3 aromatic heterocycles. The molecule has 9 nitrogen and oxygen atoms in total. The van der Waals surface area contributed by atoms with Crippen LogP contribution in [0.5, 0.6) is 0 Å². The average molecular weight is 413 g/mol. The molecular formula is C22H23N9. The first kappa shape index (κ1) is 18.3. The van der Waals surface area contributed by atoms with Gasteiger partial charge < -0.3 is 5.32 Å². The third-order valence-corrected chi connectivity index (χ3v) is 6.13. The van der Waals surface area contributed by atoms with E-state index in [2.05, 4.69) is 53.8 Å². The molecule has 31 heavy (non-hydrogen) atoms. The van der Waals surface area contributed by atoms with E-state index in [0.717, 1.165) is 60.5 Å². The Morgan fingerprint density at radius 1 is 1.06 bits per heavy atom. The average Bonchev–Trinajstić information content (AvgIpc) is 3.47. The van der Waals surface area contributed by atoms with Crippen LogP contribution in [-0.4, -0.2) is 66.7 Å². The van der Waals surface area contributed by atoms with E-state index in [9.17, 15) is 0 Å². The maximum Gasteiger partial charge on any atom is 0.271 e. The standard InChI is InChI=1S/C22H23N9/c1-2-16-10-15(3-4-19(16)24-7-1)11-21-27-28-22-25-13-20(29-31(21)22)17-12-26-30(14-17)18-5-8-23-9-6-18/h1-4,7,10,12-13,17-18,23H,5-6,8-9,11,14H2. The second-order valence-corrected chi connectivity index (χ2v) is 8.19. The smallest absolute Gasteiger partial charge is 0.271 e. The molecule has 1 atom stereocenters. The molecular weight excluding hydrogens is 390 g/mol. The van der Waals surface area contributed by atoms with Crippen molar-refractivity contribution in [2.24, 2.45) is 5.10 Å². The van der Waals surface area contributed by atoms with Crippen molar-refractivity contribution in [2.45, 2.75) is 31.2 Å². The molecule has 0 radical (unpaired) electrons. The van der Waals surface area contributed by atoms with Crippen molar-refractivity contribution in [2.75, 3.05) is 19.6 Å². The van der Waals surface area contributed by atoms with Gasteiger partial charge in [0.05, 0.1) is 23.3 Å². The Kier molecular flexibility index (Phi) is 4.53. The molecule has 1 fully saturated rings. The fourth-order valence-electron chi connectivity index (χ4n) is 4.43. The second kappa shape index (κ2) is 7.66. The van der Waals surface area contributed by atoms with Crippen LogP contribution < -0.4 is 5.32 Å². The van der Waals surface area contributed by atoms with Gasteiger partial charge in [0.1, 0.15) is 0 Å². The van der Waals surface area contributed by atoms with Gasteiger partial charge in [-0.3, -0.25) is 9.99 Å². The van der Waals surface area contributed by atoms with Crippen molar-refractivity contribution in [1.29, 1.82) is 0 Å². The van der Waals surface area contributed by atoms with Crippen LogP contribution in [0.3, 0.4) is 0 Å². The number of fused-ring (bicyclic) bond motifs is 2. The Morgan fingerprint density at radius 2 is 2.00 bits per heavy atom. The molecule has 1 unspecified atom stereocenters. The van der Waals surface area contributed by atoms with Crippen LogP contribution >= 0.6 is 0 Å². The van der Waals surface area contributed by atoms with Crippen molar-refractivity contribution < 1.29 is 0 Å².